The lowest BCUT2D eigenvalue weighted by Crippen LogP contribution is -2.14. The standard InChI is InChI=1S/C24H32O5/c1-5-7-9-11-16-26-20-15-13-14-19-21(20)29-24(25)23(22(19)28-18(3)4)27-17-12-10-8-6-2/h7-10,13-15,18H,5-6,11-12,16-17H2,1-4H3. The third-order valence-corrected chi connectivity index (χ3v) is 4.04. The summed E-state index contributed by atoms with van der Waals surface area (Å²) in [5.74, 6) is 1.04. The summed E-state index contributed by atoms with van der Waals surface area (Å²) in [5, 5.41) is 0.666. The predicted octanol–water partition coefficient (Wildman–Crippen LogP) is 6.05. The summed E-state index contributed by atoms with van der Waals surface area (Å²) in [6.45, 7) is 8.86. The number of rotatable bonds is 12. The molecule has 1 aromatic heterocycles. The van der Waals surface area contributed by atoms with E-state index in [1.54, 1.807) is 6.07 Å². The van der Waals surface area contributed by atoms with Crippen molar-refractivity contribution in [2.75, 3.05) is 13.2 Å². The highest BCUT2D eigenvalue weighted by Crippen LogP contribution is 2.37. The van der Waals surface area contributed by atoms with E-state index in [9.17, 15) is 4.79 Å². The molecule has 0 aliphatic rings. The maximum Gasteiger partial charge on any atom is 0.383 e. The molecule has 0 aliphatic heterocycles. The summed E-state index contributed by atoms with van der Waals surface area (Å²) >= 11 is 0. The first-order chi connectivity index (χ1) is 14.1. The van der Waals surface area contributed by atoms with Gasteiger partial charge in [0.15, 0.2) is 17.1 Å². The zero-order chi connectivity index (χ0) is 21.1. The van der Waals surface area contributed by atoms with E-state index in [1.807, 2.05) is 32.1 Å². The summed E-state index contributed by atoms with van der Waals surface area (Å²) < 4.78 is 23.2. The minimum absolute atomic E-state index is 0.110. The first-order valence-corrected chi connectivity index (χ1v) is 10.4. The van der Waals surface area contributed by atoms with Crippen LogP contribution in [0.4, 0.5) is 0 Å². The largest absolute Gasteiger partial charge is 0.489 e. The van der Waals surface area contributed by atoms with E-state index in [-0.39, 0.29) is 11.9 Å². The molecule has 2 rings (SSSR count). The van der Waals surface area contributed by atoms with Crippen molar-refractivity contribution >= 4 is 11.0 Å². The third kappa shape index (κ3) is 6.70. The van der Waals surface area contributed by atoms with Gasteiger partial charge in [-0.25, -0.2) is 4.79 Å². The minimum Gasteiger partial charge on any atom is -0.489 e. The first-order valence-electron chi connectivity index (χ1n) is 10.4. The van der Waals surface area contributed by atoms with Gasteiger partial charge < -0.3 is 18.6 Å². The SMILES string of the molecule is CCC=CCCOc1c(OC(C)C)c2cccc(OCCC=CCC)c2oc1=O. The molecule has 1 aromatic carbocycles. The van der Waals surface area contributed by atoms with E-state index in [2.05, 4.69) is 32.1 Å². The van der Waals surface area contributed by atoms with Crippen molar-refractivity contribution in [3.8, 4) is 17.2 Å². The molecule has 0 N–H and O–H groups in total. The molecular formula is C24H32O5. The van der Waals surface area contributed by atoms with Crippen LogP contribution < -0.4 is 19.8 Å². The average Bonchev–Trinajstić information content (AvgIpc) is 2.69. The van der Waals surface area contributed by atoms with Crippen molar-refractivity contribution in [1.29, 1.82) is 0 Å². The Labute approximate surface area is 173 Å². The Bertz CT molecular complexity index is 877. The summed E-state index contributed by atoms with van der Waals surface area (Å²) in [5.41, 5.74) is -0.180. The molecule has 0 aliphatic carbocycles. The molecule has 0 saturated heterocycles. The molecule has 29 heavy (non-hydrogen) atoms. The van der Waals surface area contributed by atoms with Gasteiger partial charge in [0.25, 0.3) is 0 Å². The lowest BCUT2D eigenvalue weighted by Gasteiger charge is -2.16. The Kier molecular flexibility index (Phi) is 9.35. The van der Waals surface area contributed by atoms with Crippen LogP contribution in [0.2, 0.25) is 0 Å². The molecule has 0 amide bonds. The van der Waals surface area contributed by atoms with Crippen molar-refractivity contribution < 1.29 is 18.6 Å². The van der Waals surface area contributed by atoms with Gasteiger partial charge in [-0.1, -0.05) is 44.2 Å². The van der Waals surface area contributed by atoms with Gasteiger partial charge in [-0.2, -0.15) is 0 Å². The molecule has 5 nitrogen and oxygen atoms in total. The third-order valence-electron chi connectivity index (χ3n) is 4.04. The summed E-state index contributed by atoms with van der Waals surface area (Å²) in [7, 11) is 0. The number of allylic oxidation sites excluding steroid dienone is 2. The highest BCUT2D eigenvalue weighted by molar-refractivity contribution is 5.89. The molecule has 0 radical (unpaired) electrons. The highest BCUT2D eigenvalue weighted by atomic mass is 16.5. The maximum absolute atomic E-state index is 12.7. The van der Waals surface area contributed by atoms with Crippen LogP contribution in [0.25, 0.3) is 11.0 Å². The number of hydrogen-bond donors (Lipinski definition) is 0. The van der Waals surface area contributed by atoms with Gasteiger partial charge in [0, 0.05) is 0 Å². The fourth-order valence-corrected chi connectivity index (χ4v) is 2.78. The van der Waals surface area contributed by atoms with E-state index in [1.165, 1.54) is 0 Å². The Morgan fingerprint density at radius 1 is 0.931 bits per heavy atom. The van der Waals surface area contributed by atoms with Gasteiger partial charge in [0.05, 0.1) is 24.7 Å². The summed E-state index contributed by atoms with van der Waals surface area (Å²) in [6.07, 6.45) is 11.6. The second-order valence-corrected chi connectivity index (χ2v) is 6.88. The highest BCUT2D eigenvalue weighted by Gasteiger charge is 2.21. The van der Waals surface area contributed by atoms with E-state index in [4.69, 9.17) is 18.6 Å². The fraction of sp³-hybridized carbons (Fsp3) is 0.458. The molecule has 0 saturated carbocycles. The predicted molar refractivity (Wildman–Crippen MR) is 117 cm³/mol. The zero-order valence-corrected chi connectivity index (χ0v) is 17.9. The molecule has 158 valence electrons. The number of benzene rings is 1. The molecule has 0 bridgehead atoms. The van der Waals surface area contributed by atoms with Gasteiger partial charge in [-0.3, -0.25) is 0 Å². The van der Waals surface area contributed by atoms with Crippen molar-refractivity contribution in [2.24, 2.45) is 0 Å². The average molecular weight is 401 g/mol. The van der Waals surface area contributed by atoms with E-state index >= 15 is 0 Å². The van der Waals surface area contributed by atoms with Crippen molar-refractivity contribution in [2.45, 2.75) is 59.5 Å². The molecule has 0 atom stereocenters. The number of para-hydroxylation sites is 1. The van der Waals surface area contributed by atoms with Crippen LogP contribution in [0.5, 0.6) is 17.2 Å². The van der Waals surface area contributed by atoms with Crippen LogP contribution in [-0.4, -0.2) is 19.3 Å². The Morgan fingerprint density at radius 3 is 2.21 bits per heavy atom. The van der Waals surface area contributed by atoms with Crippen LogP contribution in [-0.2, 0) is 0 Å². The van der Waals surface area contributed by atoms with E-state index in [0.717, 1.165) is 19.3 Å². The van der Waals surface area contributed by atoms with Gasteiger partial charge in [-0.15, -0.1) is 0 Å². The molecule has 0 spiro atoms. The molecule has 0 fully saturated rings. The lowest BCUT2D eigenvalue weighted by molar-refractivity contribution is 0.219. The smallest absolute Gasteiger partial charge is 0.383 e. The molecule has 2 aromatic rings. The number of ether oxygens (including phenoxy) is 3. The second kappa shape index (κ2) is 12.0. The van der Waals surface area contributed by atoms with Gasteiger partial charge >= 0.3 is 5.63 Å². The number of hydrogen-bond acceptors (Lipinski definition) is 5. The van der Waals surface area contributed by atoms with Gasteiger partial charge in [-0.05, 0) is 51.7 Å². The summed E-state index contributed by atoms with van der Waals surface area (Å²) in [4.78, 5) is 12.7. The van der Waals surface area contributed by atoms with Crippen LogP contribution >= 0.6 is 0 Å². The van der Waals surface area contributed by atoms with Crippen LogP contribution in [0.1, 0.15) is 53.4 Å². The molecular weight excluding hydrogens is 368 g/mol. The number of fused-ring (bicyclic) bond motifs is 1. The van der Waals surface area contributed by atoms with Crippen LogP contribution in [0, 0.1) is 0 Å². The molecule has 0 unspecified atom stereocenters. The lowest BCUT2D eigenvalue weighted by atomic mass is 10.2. The van der Waals surface area contributed by atoms with Crippen molar-refractivity contribution in [3.63, 3.8) is 0 Å². The minimum atomic E-state index is -0.561. The van der Waals surface area contributed by atoms with Crippen LogP contribution in [0.3, 0.4) is 0 Å². The van der Waals surface area contributed by atoms with Crippen molar-refractivity contribution in [1.82, 2.24) is 0 Å². The van der Waals surface area contributed by atoms with Crippen molar-refractivity contribution in [3.05, 3.63) is 52.9 Å². The zero-order valence-electron chi connectivity index (χ0n) is 17.9. The fourth-order valence-electron chi connectivity index (χ4n) is 2.78. The monoisotopic (exact) mass is 400 g/mol. The maximum atomic E-state index is 12.7. The first kappa shape index (κ1) is 22.6. The Balaban J connectivity index is 2.35. The summed E-state index contributed by atoms with van der Waals surface area (Å²) in [6, 6.07) is 5.51. The topological polar surface area (TPSA) is 57.9 Å². The van der Waals surface area contributed by atoms with Gasteiger partial charge in [0.1, 0.15) is 0 Å². The van der Waals surface area contributed by atoms with Crippen LogP contribution in [0.15, 0.2) is 51.7 Å². The Hall–Kier alpha value is -2.69. The van der Waals surface area contributed by atoms with E-state index < -0.39 is 5.63 Å². The molecule has 1 heterocycles. The normalized spacial score (nSPS) is 11.8. The van der Waals surface area contributed by atoms with Gasteiger partial charge in [0.2, 0.25) is 5.75 Å². The Morgan fingerprint density at radius 2 is 1.59 bits per heavy atom. The molecule has 5 heteroatoms. The second-order valence-electron chi connectivity index (χ2n) is 6.88. The van der Waals surface area contributed by atoms with E-state index in [0.29, 0.717) is 42.1 Å². The quantitative estimate of drug-likeness (QED) is 0.247.